The number of carbonyl (C=O) groups excluding carboxylic acids is 1. The van der Waals surface area contributed by atoms with Crippen LogP contribution < -0.4 is 5.32 Å². The van der Waals surface area contributed by atoms with Crippen molar-refractivity contribution < 1.29 is 9.72 Å². The third-order valence-corrected chi connectivity index (χ3v) is 4.88. The van der Waals surface area contributed by atoms with Crippen LogP contribution in [-0.4, -0.2) is 31.3 Å². The highest BCUT2D eigenvalue weighted by Crippen LogP contribution is 2.22. The predicted octanol–water partition coefficient (Wildman–Crippen LogP) is 3.15. The van der Waals surface area contributed by atoms with E-state index >= 15 is 0 Å². The molecule has 1 atom stereocenters. The maximum absolute atomic E-state index is 12.2. The van der Waals surface area contributed by atoms with Gasteiger partial charge in [0.2, 0.25) is 5.91 Å². The number of nitrogens with one attached hydrogen (secondary N) is 1. The maximum Gasteiger partial charge on any atom is 0.269 e. The lowest BCUT2D eigenvalue weighted by molar-refractivity contribution is -0.384. The minimum absolute atomic E-state index is 0.0340. The third-order valence-electron chi connectivity index (χ3n) is 3.87. The van der Waals surface area contributed by atoms with Crippen LogP contribution in [0.25, 0.3) is 5.69 Å². The molecule has 27 heavy (non-hydrogen) atoms. The van der Waals surface area contributed by atoms with Crippen molar-refractivity contribution in [3.8, 4) is 5.69 Å². The van der Waals surface area contributed by atoms with Crippen molar-refractivity contribution >= 4 is 23.4 Å². The van der Waals surface area contributed by atoms with Crippen molar-refractivity contribution in [3.05, 3.63) is 76.9 Å². The molecular formula is C18H17N5O3S. The van der Waals surface area contributed by atoms with Gasteiger partial charge in [-0.3, -0.25) is 14.9 Å². The fraction of sp³-hybridized carbons (Fsp3) is 0.167. The molecule has 2 aromatic carbocycles. The first-order valence-electron chi connectivity index (χ1n) is 8.14. The Kier molecular flexibility index (Phi) is 5.82. The Balaban J connectivity index is 1.52. The number of hydrogen-bond acceptors (Lipinski definition) is 6. The Morgan fingerprint density at radius 2 is 1.93 bits per heavy atom. The highest BCUT2D eigenvalue weighted by molar-refractivity contribution is 8.00. The molecule has 8 nitrogen and oxygen atoms in total. The highest BCUT2D eigenvalue weighted by Gasteiger charge is 2.11. The second-order valence-corrected chi connectivity index (χ2v) is 6.81. The number of amides is 1. The van der Waals surface area contributed by atoms with E-state index in [1.807, 2.05) is 31.2 Å². The Morgan fingerprint density at radius 1 is 1.22 bits per heavy atom. The van der Waals surface area contributed by atoms with Crippen molar-refractivity contribution in [3.63, 3.8) is 0 Å². The number of rotatable bonds is 7. The molecule has 0 aliphatic rings. The molecule has 0 radical (unpaired) electrons. The molecule has 0 saturated heterocycles. The van der Waals surface area contributed by atoms with Gasteiger partial charge in [0, 0.05) is 17.0 Å². The zero-order chi connectivity index (χ0) is 19.2. The highest BCUT2D eigenvalue weighted by atomic mass is 32.2. The summed E-state index contributed by atoms with van der Waals surface area (Å²) >= 11 is 1.33. The normalized spacial score (nSPS) is 11.7. The summed E-state index contributed by atoms with van der Waals surface area (Å²) in [5, 5.41) is 17.7. The Morgan fingerprint density at radius 3 is 2.52 bits per heavy atom. The molecule has 1 amide bonds. The first-order chi connectivity index (χ1) is 13.0. The summed E-state index contributed by atoms with van der Waals surface area (Å²) in [6.07, 6.45) is 3.09. The van der Waals surface area contributed by atoms with Crippen LogP contribution in [0.3, 0.4) is 0 Å². The van der Waals surface area contributed by atoms with Crippen molar-refractivity contribution in [2.45, 2.75) is 17.9 Å². The molecule has 0 spiro atoms. The molecule has 1 aromatic heterocycles. The summed E-state index contributed by atoms with van der Waals surface area (Å²) in [5.74, 6) is 0.130. The van der Waals surface area contributed by atoms with Crippen LogP contribution in [0.1, 0.15) is 18.5 Å². The monoisotopic (exact) mass is 383 g/mol. The van der Waals surface area contributed by atoms with Gasteiger partial charge in [0.1, 0.15) is 12.7 Å². The van der Waals surface area contributed by atoms with Crippen LogP contribution in [0.2, 0.25) is 0 Å². The van der Waals surface area contributed by atoms with Crippen LogP contribution >= 0.6 is 11.8 Å². The van der Waals surface area contributed by atoms with Gasteiger partial charge in [0.15, 0.2) is 0 Å². The molecule has 9 heteroatoms. The number of carbonyl (C=O) groups is 1. The summed E-state index contributed by atoms with van der Waals surface area (Å²) in [6.45, 7) is 1.92. The van der Waals surface area contributed by atoms with Gasteiger partial charge in [0.05, 0.1) is 22.4 Å². The zero-order valence-corrected chi connectivity index (χ0v) is 15.3. The predicted molar refractivity (Wildman–Crippen MR) is 102 cm³/mol. The number of non-ortho nitro benzene ring substituents is 1. The van der Waals surface area contributed by atoms with Crippen molar-refractivity contribution in [2.75, 3.05) is 5.75 Å². The standard InChI is InChI=1S/C18H17N5O3S/c1-13(14-2-4-15(5-3-14)22-12-19-11-20-22)21-18(24)10-27-17-8-6-16(7-9-17)23(25)26/h2-9,11-13H,10H2,1H3,(H,21,24). The molecule has 0 bridgehead atoms. The van der Waals surface area contributed by atoms with Gasteiger partial charge in [-0.05, 0) is 36.8 Å². The van der Waals surface area contributed by atoms with Crippen molar-refractivity contribution in [2.24, 2.45) is 0 Å². The minimum atomic E-state index is -0.447. The first kappa shape index (κ1) is 18.6. The van der Waals surface area contributed by atoms with E-state index in [0.717, 1.165) is 16.1 Å². The van der Waals surface area contributed by atoms with Crippen LogP contribution in [0.4, 0.5) is 5.69 Å². The smallest absolute Gasteiger partial charge is 0.269 e. The van der Waals surface area contributed by atoms with E-state index < -0.39 is 4.92 Å². The van der Waals surface area contributed by atoms with E-state index in [1.54, 1.807) is 23.1 Å². The lowest BCUT2D eigenvalue weighted by atomic mass is 10.1. The quantitative estimate of drug-likeness (QED) is 0.382. The molecule has 0 aliphatic heterocycles. The number of hydrogen-bond donors (Lipinski definition) is 1. The number of thioether (sulfide) groups is 1. The van der Waals surface area contributed by atoms with Gasteiger partial charge in [0.25, 0.3) is 5.69 Å². The van der Waals surface area contributed by atoms with Gasteiger partial charge >= 0.3 is 0 Å². The van der Waals surface area contributed by atoms with Crippen molar-refractivity contribution in [1.82, 2.24) is 20.1 Å². The SMILES string of the molecule is CC(NC(=O)CSc1ccc([N+](=O)[O-])cc1)c1ccc(-n2cncn2)cc1. The molecule has 1 unspecified atom stereocenters. The number of benzene rings is 2. The van der Waals surface area contributed by atoms with E-state index in [-0.39, 0.29) is 23.4 Å². The topological polar surface area (TPSA) is 103 Å². The molecule has 0 saturated carbocycles. The largest absolute Gasteiger partial charge is 0.349 e. The van der Waals surface area contributed by atoms with Gasteiger partial charge in [-0.25, -0.2) is 9.67 Å². The van der Waals surface area contributed by atoms with Gasteiger partial charge in [-0.15, -0.1) is 11.8 Å². The molecule has 1 N–H and O–H groups in total. The molecule has 0 fully saturated rings. The summed E-state index contributed by atoms with van der Waals surface area (Å²) in [4.78, 5) is 27.1. The summed E-state index contributed by atoms with van der Waals surface area (Å²) in [5.41, 5.74) is 1.91. The average molecular weight is 383 g/mol. The molecule has 138 valence electrons. The van der Waals surface area contributed by atoms with E-state index in [2.05, 4.69) is 15.4 Å². The van der Waals surface area contributed by atoms with Gasteiger partial charge < -0.3 is 5.32 Å². The number of nitrogens with zero attached hydrogens (tertiary/aromatic N) is 4. The first-order valence-corrected chi connectivity index (χ1v) is 9.13. The fourth-order valence-electron chi connectivity index (χ4n) is 2.44. The number of nitro groups is 1. The van der Waals surface area contributed by atoms with E-state index in [4.69, 9.17) is 0 Å². The zero-order valence-electron chi connectivity index (χ0n) is 14.5. The number of aromatic nitrogens is 3. The summed E-state index contributed by atoms with van der Waals surface area (Å²) in [7, 11) is 0. The molecule has 3 rings (SSSR count). The summed E-state index contributed by atoms with van der Waals surface area (Å²) in [6, 6.07) is 13.7. The Labute approximate surface area is 159 Å². The molecule has 0 aliphatic carbocycles. The second-order valence-electron chi connectivity index (χ2n) is 5.76. The number of nitro benzene ring substituents is 1. The Bertz CT molecular complexity index is 911. The second kappa shape index (κ2) is 8.45. The van der Waals surface area contributed by atoms with E-state index in [1.165, 1.54) is 30.2 Å². The lowest BCUT2D eigenvalue weighted by Crippen LogP contribution is -2.28. The van der Waals surface area contributed by atoms with Gasteiger partial charge in [-0.1, -0.05) is 12.1 Å². The van der Waals surface area contributed by atoms with Crippen LogP contribution in [0, 0.1) is 10.1 Å². The molecule has 1 heterocycles. The lowest BCUT2D eigenvalue weighted by Gasteiger charge is -2.15. The van der Waals surface area contributed by atoms with E-state index in [9.17, 15) is 14.9 Å². The van der Waals surface area contributed by atoms with E-state index in [0.29, 0.717) is 0 Å². The molecule has 3 aromatic rings. The van der Waals surface area contributed by atoms with Crippen LogP contribution in [0.15, 0.2) is 66.1 Å². The minimum Gasteiger partial charge on any atom is -0.349 e. The maximum atomic E-state index is 12.2. The molecular weight excluding hydrogens is 366 g/mol. The Hall–Kier alpha value is -3.20. The van der Waals surface area contributed by atoms with Gasteiger partial charge in [-0.2, -0.15) is 5.10 Å². The van der Waals surface area contributed by atoms with Crippen LogP contribution in [0.5, 0.6) is 0 Å². The third kappa shape index (κ3) is 4.91. The van der Waals surface area contributed by atoms with Crippen LogP contribution in [-0.2, 0) is 4.79 Å². The van der Waals surface area contributed by atoms with Crippen molar-refractivity contribution in [1.29, 1.82) is 0 Å². The fourth-order valence-corrected chi connectivity index (χ4v) is 3.15. The summed E-state index contributed by atoms with van der Waals surface area (Å²) < 4.78 is 1.66. The average Bonchev–Trinajstić information content (AvgIpc) is 3.21.